The Kier molecular flexibility index (Phi) is 4.94. The predicted molar refractivity (Wildman–Crippen MR) is 85.8 cm³/mol. The summed E-state index contributed by atoms with van der Waals surface area (Å²) in [6, 6.07) is 4.68. The molecule has 2 rings (SSSR count). The Hall–Kier alpha value is -1.20. The highest BCUT2D eigenvalue weighted by Gasteiger charge is 2.20. The van der Waals surface area contributed by atoms with E-state index < -0.39 is 0 Å². The maximum atomic E-state index is 13.3. The van der Waals surface area contributed by atoms with Gasteiger partial charge in [-0.25, -0.2) is 4.39 Å². The smallest absolute Gasteiger partial charge is 0.124 e. The van der Waals surface area contributed by atoms with Crippen LogP contribution in [0.2, 0.25) is 0 Å². The van der Waals surface area contributed by atoms with Crippen LogP contribution < -0.4 is 10.6 Å². The molecule has 0 aromatic heterocycles. The molecule has 0 amide bonds. The van der Waals surface area contributed by atoms with Crippen LogP contribution in [0.3, 0.4) is 0 Å². The minimum absolute atomic E-state index is 0.254. The van der Waals surface area contributed by atoms with Gasteiger partial charge in [0.1, 0.15) is 10.8 Å². The quantitative estimate of drug-likeness (QED) is 0.864. The van der Waals surface area contributed by atoms with Crippen LogP contribution in [0.4, 0.5) is 10.1 Å². The van der Waals surface area contributed by atoms with E-state index in [9.17, 15) is 4.39 Å². The summed E-state index contributed by atoms with van der Waals surface area (Å²) in [6.45, 7) is 9.48. The third-order valence-corrected chi connectivity index (χ3v) is 3.78. The summed E-state index contributed by atoms with van der Waals surface area (Å²) in [7, 11) is 0. The molecule has 20 heavy (non-hydrogen) atoms. The van der Waals surface area contributed by atoms with Gasteiger partial charge < -0.3 is 10.6 Å². The maximum absolute atomic E-state index is 13.3. The van der Waals surface area contributed by atoms with Crippen LogP contribution in [-0.2, 0) is 0 Å². The van der Waals surface area contributed by atoms with Gasteiger partial charge in [0.05, 0.1) is 0 Å². The molecule has 0 saturated carbocycles. The Morgan fingerprint density at radius 3 is 2.50 bits per heavy atom. The second-order valence-corrected chi connectivity index (χ2v) is 6.15. The van der Waals surface area contributed by atoms with Gasteiger partial charge in [-0.2, -0.15) is 0 Å². The van der Waals surface area contributed by atoms with Crippen molar-refractivity contribution in [3.63, 3.8) is 0 Å². The molecule has 1 heterocycles. The van der Waals surface area contributed by atoms with E-state index >= 15 is 0 Å². The Bertz CT molecular complexity index is 482. The molecule has 0 bridgehead atoms. The molecular weight excluding hydrogens is 273 g/mol. The first-order chi connectivity index (χ1) is 9.47. The lowest BCUT2D eigenvalue weighted by Gasteiger charge is -2.37. The van der Waals surface area contributed by atoms with Gasteiger partial charge in [0.2, 0.25) is 0 Å². The van der Waals surface area contributed by atoms with E-state index in [2.05, 4.69) is 23.6 Å². The van der Waals surface area contributed by atoms with Crippen molar-refractivity contribution in [2.75, 3.05) is 37.6 Å². The molecule has 1 aliphatic heterocycles. The molecule has 5 heteroatoms. The van der Waals surface area contributed by atoms with Crippen molar-refractivity contribution >= 4 is 22.9 Å². The molecule has 1 aromatic rings. The zero-order chi connectivity index (χ0) is 14.7. The molecule has 1 aromatic carbocycles. The van der Waals surface area contributed by atoms with Crippen molar-refractivity contribution in [2.24, 2.45) is 11.7 Å². The van der Waals surface area contributed by atoms with Crippen LogP contribution in [0.15, 0.2) is 18.2 Å². The topological polar surface area (TPSA) is 32.5 Å². The average molecular weight is 295 g/mol. The minimum atomic E-state index is -0.296. The normalized spacial score (nSPS) is 16.7. The molecule has 110 valence electrons. The molecular formula is C15H22FN3S. The summed E-state index contributed by atoms with van der Waals surface area (Å²) in [6.07, 6.45) is 0. The van der Waals surface area contributed by atoms with Gasteiger partial charge in [0.15, 0.2) is 0 Å². The first-order valence-electron chi connectivity index (χ1n) is 7.04. The number of halogens is 1. The zero-order valence-electron chi connectivity index (χ0n) is 12.1. The number of anilines is 1. The summed E-state index contributed by atoms with van der Waals surface area (Å²) in [4.78, 5) is 4.96. The van der Waals surface area contributed by atoms with Gasteiger partial charge in [-0.05, 0) is 24.1 Å². The lowest BCUT2D eigenvalue weighted by molar-refractivity contribution is 0.231. The number of hydrogen-bond donors (Lipinski definition) is 1. The molecule has 0 radical (unpaired) electrons. The van der Waals surface area contributed by atoms with Gasteiger partial charge in [0.25, 0.3) is 0 Å². The first kappa shape index (κ1) is 15.2. The van der Waals surface area contributed by atoms with Crippen LogP contribution in [0.5, 0.6) is 0 Å². The third kappa shape index (κ3) is 3.67. The van der Waals surface area contributed by atoms with Crippen molar-refractivity contribution in [3.05, 3.63) is 29.6 Å². The third-order valence-electron chi connectivity index (χ3n) is 3.56. The van der Waals surface area contributed by atoms with Crippen molar-refractivity contribution in [3.8, 4) is 0 Å². The number of piperazine rings is 1. The molecule has 0 aliphatic carbocycles. The molecule has 3 nitrogen and oxygen atoms in total. The molecule has 0 unspecified atom stereocenters. The second kappa shape index (κ2) is 6.50. The van der Waals surface area contributed by atoms with Crippen molar-refractivity contribution in [1.29, 1.82) is 0 Å². The fraction of sp³-hybridized carbons (Fsp3) is 0.533. The highest BCUT2D eigenvalue weighted by atomic mass is 32.1. The Labute approximate surface area is 125 Å². The molecule has 0 atom stereocenters. The summed E-state index contributed by atoms with van der Waals surface area (Å²) in [5, 5.41) is 0. The highest BCUT2D eigenvalue weighted by molar-refractivity contribution is 7.80. The fourth-order valence-corrected chi connectivity index (χ4v) is 2.83. The standard InChI is InChI=1S/C15H22FN3S/c1-11(2)10-18-5-7-19(8-6-18)14-4-3-12(16)9-13(14)15(17)20/h3-4,9,11H,5-8,10H2,1-2H3,(H2,17,20). The lowest BCUT2D eigenvalue weighted by Crippen LogP contribution is -2.47. The first-order valence-corrected chi connectivity index (χ1v) is 7.45. The van der Waals surface area contributed by atoms with E-state index in [-0.39, 0.29) is 10.8 Å². The van der Waals surface area contributed by atoms with Crippen molar-refractivity contribution in [2.45, 2.75) is 13.8 Å². The van der Waals surface area contributed by atoms with Crippen LogP contribution in [0, 0.1) is 11.7 Å². The largest absolute Gasteiger partial charge is 0.389 e. The van der Waals surface area contributed by atoms with Crippen LogP contribution in [-0.4, -0.2) is 42.6 Å². The van der Waals surface area contributed by atoms with Crippen molar-refractivity contribution < 1.29 is 4.39 Å². The predicted octanol–water partition coefficient (Wildman–Crippen LogP) is 2.24. The van der Waals surface area contributed by atoms with Gasteiger partial charge in [-0.3, -0.25) is 4.90 Å². The van der Waals surface area contributed by atoms with Gasteiger partial charge in [-0.15, -0.1) is 0 Å². The molecule has 1 saturated heterocycles. The second-order valence-electron chi connectivity index (χ2n) is 5.71. The number of nitrogens with zero attached hydrogens (tertiary/aromatic N) is 2. The van der Waals surface area contributed by atoms with Gasteiger partial charge in [0, 0.05) is 44.0 Å². The van der Waals surface area contributed by atoms with E-state index in [0.717, 1.165) is 38.4 Å². The SMILES string of the molecule is CC(C)CN1CCN(c2ccc(F)cc2C(N)=S)CC1. The molecule has 2 N–H and O–H groups in total. The lowest BCUT2D eigenvalue weighted by atomic mass is 10.1. The summed E-state index contributed by atoms with van der Waals surface area (Å²) in [5.41, 5.74) is 7.29. The van der Waals surface area contributed by atoms with Gasteiger partial charge >= 0.3 is 0 Å². The number of rotatable bonds is 4. The monoisotopic (exact) mass is 295 g/mol. The van der Waals surface area contributed by atoms with Crippen LogP contribution in [0.1, 0.15) is 19.4 Å². The average Bonchev–Trinajstić information content (AvgIpc) is 2.39. The van der Waals surface area contributed by atoms with Crippen molar-refractivity contribution in [1.82, 2.24) is 4.90 Å². The number of hydrogen-bond acceptors (Lipinski definition) is 3. The fourth-order valence-electron chi connectivity index (χ4n) is 2.67. The van der Waals surface area contributed by atoms with E-state index in [4.69, 9.17) is 18.0 Å². The number of nitrogens with two attached hydrogens (primary N) is 1. The van der Waals surface area contributed by atoms with E-state index in [1.165, 1.54) is 12.1 Å². The Morgan fingerprint density at radius 2 is 1.95 bits per heavy atom. The highest BCUT2D eigenvalue weighted by Crippen LogP contribution is 2.23. The minimum Gasteiger partial charge on any atom is -0.389 e. The summed E-state index contributed by atoms with van der Waals surface area (Å²) in [5.74, 6) is 0.384. The number of thiocarbonyl (C=S) groups is 1. The zero-order valence-corrected chi connectivity index (χ0v) is 12.9. The number of benzene rings is 1. The van der Waals surface area contributed by atoms with E-state index in [1.54, 1.807) is 6.07 Å². The van der Waals surface area contributed by atoms with Crippen LogP contribution in [0.25, 0.3) is 0 Å². The Morgan fingerprint density at radius 1 is 1.30 bits per heavy atom. The summed E-state index contributed by atoms with van der Waals surface area (Å²) >= 11 is 5.03. The molecule has 1 fully saturated rings. The maximum Gasteiger partial charge on any atom is 0.124 e. The Balaban J connectivity index is 2.09. The van der Waals surface area contributed by atoms with E-state index in [1.807, 2.05) is 0 Å². The van der Waals surface area contributed by atoms with E-state index in [0.29, 0.717) is 11.5 Å². The summed E-state index contributed by atoms with van der Waals surface area (Å²) < 4.78 is 13.3. The molecule has 0 spiro atoms. The molecule has 1 aliphatic rings. The van der Waals surface area contributed by atoms with Gasteiger partial charge in [-0.1, -0.05) is 26.1 Å². The van der Waals surface area contributed by atoms with Crippen LogP contribution >= 0.6 is 12.2 Å².